The molecule has 0 aromatic carbocycles. The number of hydrogen-bond donors (Lipinski definition) is 5. The topological polar surface area (TPSA) is 134 Å². The maximum absolute atomic E-state index is 10.9. The fourth-order valence-electron chi connectivity index (χ4n) is 2.63. The van der Waals surface area contributed by atoms with Crippen molar-refractivity contribution in [3.63, 3.8) is 0 Å². The van der Waals surface area contributed by atoms with Crippen LogP contribution in [0.25, 0.3) is 11.2 Å². The molecule has 0 radical (unpaired) electrons. The Kier molecular flexibility index (Phi) is 9.63. The summed E-state index contributed by atoms with van der Waals surface area (Å²) < 4.78 is 17.9. The fourth-order valence-corrected chi connectivity index (χ4v) is 3.30. The number of unbranched alkanes of at least 4 members (excludes halogenated alkanes) is 2. The molecule has 0 saturated carbocycles. The Morgan fingerprint density at radius 3 is 2.79 bits per heavy atom. The van der Waals surface area contributed by atoms with E-state index in [9.17, 15) is 4.57 Å². The summed E-state index contributed by atoms with van der Waals surface area (Å²) in [7, 11) is -4.18. The molecule has 1 unspecified atom stereocenters. The van der Waals surface area contributed by atoms with Crippen molar-refractivity contribution < 1.29 is 19.1 Å². The standard InChI is InChI=1S/C16H29N6O4PS/c1-13(26-12-27(23,24)25)9-22-11-21-14-15(19-10-20-16(14)22)18-7-6-17-5-3-2-4-8-28/h10-11,13,17,28H,2-9,12H2,1H3,(H,18,19,20)(H2,23,24,25). The van der Waals surface area contributed by atoms with E-state index in [2.05, 4.69) is 38.2 Å². The third-order valence-electron chi connectivity index (χ3n) is 3.99. The summed E-state index contributed by atoms with van der Waals surface area (Å²) in [5.74, 6) is 1.59. The van der Waals surface area contributed by atoms with Crippen molar-refractivity contribution in [1.82, 2.24) is 24.8 Å². The highest BCUT2D eigenvalue weighted by Gasteiger charge is 2.17. The molecule has 0 fully saturated rings. The zero-order valence-electron chi connectivity index (χ0n) is 16.0. The second-order valence-corrected chi connectivity index (χ2v) is 8.56. The van der Waals surface area contributed by atoms with Crippen molar-refractivity contribution in [2.24, 2.45) is 0 Å². The highest BCUT2D eigenvalue weighted by Crippen LogP contribution is 2.34. The zero-order valence-corrected chi connectivity index (χ0v) is 17.8. The first-order valence-corrected chi connectivity index (χ1v) is 11.7. The van der Waals surface area contributed by atoms with Crippen LogP contribution in [0.5, 0.6) is 0 Å². The molecule has 28 heavy (non-hydrogen) atoms. The molecule has 4 N–H and O–H groups in total. The van der Waals surface area contributed by atoms with Gasteiger partial charge in [-0.05, 0) is 32.1 Å². The lowest BCUT2D eigenvalue weighted by Gasteiger charge is -2.14. The van der Waals surface area contributed by atoms with Gasteiger partial charge in [0.1, 0.15) is 18.2 Å². The summed E-state index contributed by atoms with van der Waals surface area (Å²) in [5.41, 5.74) is 1.29. The van der Waals surface area contributed by atoms with E-state index < -0.39 is 20.0 Å². The summed E-state index contributed by atoms with van der Waals surface area (Å²) in [5, 5.41) is 6.65. The second-order valence-electron chi connectivity index (χ2n) is 6.52. The molecule has 2 aromatic rings. The Hall–Kier alpha value is -1.23. The molecule has 2 aromatic heterocycles. The van der Waals surface area contributed by atoms with Gasteiger partial charge in [-0.1, -0.05) is 6.42 Å². The van der Waals surface area contributed by atoms with Crippen LogP contribution in [0.15, 0.2) is 12.7 Å². The minimum atomic E-state index is -4.18. The van der Waals surface area contributed by atoms with Gasteiger partial charge in [0.25, 0.3) is 0 Å². The molecule has 10 nitrogen and oxygen atoms in total. The molecule has 12 heteroatoms. The number of hydrogen-bond acceptors (Lipinski definition) is 8. The predicted octanol–water partition coefficient (Wildman–Crippen LogP) is 1.47. The van der Waals surface area contributed by atoms with Crippen LogP contribution in [0.3, 0.4) is 0 Å². The maximum atomic E-state index is 10.9. The highest BCUT2D eigenvalue weighted by molar-refractivity contribution is 7.80. The van der Waals surface area contributed by atoms with E-state index in [0.29, 0.717) is 30.1 Å². The summed E-state index contributed by atoms with van der Waals surface area (Å²) in [6.07, 6.45) is 5.56. The molecule has 2 rings (SSSR count). The predicted molar refractivity (Wildman–Crippen MR) is 112 cm³/mol. The van der Waals surface area contributed by atoms with E-state index in [4.69, 9.17) is 14.5 Å². The Balaban J connectivity index is 1.84. The number of anilines is 1. The number of thiol groups is 1. The third kappa shape index (κ3) is 8.02. The molecule has 0 aliphatic rings. The molecule has 0 aliphatic heterocycles. The minimum Gasteiger partial charge on any atom is -0.367 e. The van der Waals surface area contributed by atoms with Crippen LogP contribution < -0.4 is 10.6 Å². The van der Waals surface area contributed by atoms with Crippen LogP contribution in [-0.4, -0.2) is 67.1 Å². The SMILES string of the molecule is CC(Cn1cnc2c(NCCNCCCCCS)ncnc21)OCP(=O)(O)O. The number of aromatic nitrogens is 4. The molecule has 2 heterocycles. The summed E-state index contributed by atoms with van der Waals surface area (Å²) in [4.78, 5) is 30.7. The van der Waals surface area contributed by atoms with Gasteiger partial charge in [-0.15, -0.1) is 0 Å². The first kappa shape index (κ1) is 23.1. The molecule has 0 saturated heterocycles. The fraction of sp³-hybridized carbons (Fsp3) is 0.688. The van der Waals surface area contributed by atoms with Crippen molar-refractivity contribution >= 4 is 37.2 Å². The smallest absolute Gasteiger partial charge is 0.350 e. The Morgan fingerprint density at radius 2 is 2.04 bits per heavy atom. The Labute approximate surface area is 170 Å². The molecule has 0 aliphatic carbocycles. The van der Waals surface area contributed by atoms with Crippen molar-refractivity contribution in [3.8, 4) is 0 Å². The Bertz CT molecular complexity index is 771. The summed E-state index contributed by atoms with van der Waals surface area (Å²) in [6, 6.07) is 0. The summed E-state index contributed by atoms with van der Waals surface area (Å²) in [6.45, 7) is 4.63. The number of ether oxygens (including phenoxy) is 1. The zero-order chi connectivity index (χ0) is 20.4. The normalized spacial score (nSPS) is 13.1. The second kappa shape index (κ2) is 11.7. The van der Waals surface area contributed by atoms with E-state index >= 15 is 0 Å². The van der Waals surface area contributed by atoms with Gasteiger partial charge < -0.3 is 29.7 Å². The lowest BCUT2D eigenvalue weighted by molar-refractivity contribution is 0.0764. The van der Waals surface area contributed by atoms with Crippen LogP contribution in [0, 0.1) is 0 Å². The first-order valence-electron chi connectivity index (χ1n) is 9.28. The average molecular weight is 432 g/mol. The van der Waals surface area contributed by atoms with Crippen LogP contribution >= 0.6 is 20.2 Å². The quantitative estimate of drug-likeness (QED) is 0.171. The first-order chi connectivity index (χ1) is 13.4. The monoisotopic (exact) mass is 432 g/mol. The van der Waals surface area contributed by atoms with E-state index in [1.165, 1.54) is 12.7 Å². The van der Waals surface area contributed by atoms with E-state index in [-0.39, 0.29) is 0 Å². The molecule has 0 amide bonds. The van der Waals surface area contributed by atoms with Gasteiger partial charge in [-0.2, -0.15) is 12.6 Å². The minimum absolute atomic E-state index is 0.376. The highest BCUT2D eigenvalue weighted by atomic mass is 32.1. The average Bonchev–Trinajstić information content (AvgIpc) is 3.05. The van der Waals surface area contributed by atoms with Crippen molar-refractivity contribution in [2.45, 2.75) is 38.8 Å². The largest absolute Gasteiger partial charge is 0.367 e. The van der Waals surface area contributed by atoms with Crippen LogP contribution in [0.4, 0.5) is 5.82 Å². The third-order valence-corrected chi connectivity index (χ3v) is 4.79. The van der Waals surface area contributed by atoms with Gasteiger partial charge in [0, 0.05) is 13.1 Å². The van der Waals surface area contributed by atoms with Gasteiger partial charge in [-0.25, -0.2) is 15.0 Å². The molecule has 1 atom stereocenters. The van der Waals surface area contributed by atoms with E-state index in [1.54, 1.807) is 17.8 Å². The van der Waals surface area contributed by atoms with Gasteiger partial charge in [0.15, 0.2) is 11.5 Å². The van der Waals surface area contributed by atoms with Crippen LogP contribution in [-0.2, 0) is 15.8 Å². The lowest BCUT2D eigenvalue weighted by atomic mass is 10.2. The van der Waals surface area contributed by atoms with E-state index in [0.717, 1.165) is 31.7 Å². The van der Waals surface area contributed by atoms with Crippen molar-refractivity contribution in [2.75, 3.05) is 37.1 Å². The van der Waals surface area contributed by atoms with Crippen molar-refractivity contribution in [1.29, 1.82) is 0 Å². The van der Waals surface area contributed by atoms with Gasteiger partial charge >= 0.3 is 7.60 Å². The summed E-state index contributed by atoms with van der Waals surface area (Å²) >= 11 is 4.20. The molecular weight excluding hydrogens is 403 g/mol. The molecular formula is C16H29N6O4PS. The van der Waals surface area contributed by atoms with Crippen LogP contribution in [0.1, 0.15) is 26.2 Å². The van der Waals surface area contributed by atoms with Crippen LogP contribution in [0.2, 0.25) is 0 Å². The van der Waals surface area contributed by atoms with E-state index in [1.807, 2.05) is 0 Å². The van der Waals surface area contributed by atoms with Gasteiger partial charge in [-0.3, -0.25) is 4.57 Å². The molecule has 158 valence electrons. The maximum Gasteiger partial charge on any atom is 0.350 e. The molecule has 0 spiro atoms. The van der Waals surface area contributed by atoms with Crippen molar-refractivity contribution in [3.05, 3.63) is 12.7 Å². The number of fused-ring (bicyclic) bond motifs is 1. The van der Waals surface area contributed by atoms with Gasteiger partial charge in [0.2, 0.25) is 0 Å². The number of nitrogens with zero attached hydrogens (tertiary/aromatic N) is 4. The number of imidazole rings is 1. The number of nitrogens with one attached hydrogen (secondary N) is 2. The molecule has 0 bridgehead atoms. The Morgan fingerprint density at radius 1 is 1.21 bits per heavy atom. The lowest BCUT2D eigenvalue weighted by Crippen LogP contribution is -2.23. The number of rotatable bonds is 14. The van der Waals surface area contributed by atoms with Gasteiger partial charge in [0.05, 0.1) is 19.0 Å².